The second kappa shape index (κ2) is 8.15. The summed E-state index contributed by atoms with van der Waals surface area (Å²) in [6, 6.07) is 17.1. The van der Waals surface area contributed by atoms with Crippen molar-refractivity contribution < 1.29 is 14.0 Å². The quantitative estimate of drug-likeness (QED) is 0.490. The highest BCUT2D eigenvalue weighted by molar-refractivity contribution is 6.31. The third-order valence-electron chi connectivity index (χ3n) is 6.91. The molecule has 4 nitrogen and oxygen atoms in total. The lowest BCUT2D eigenvalue weighted by atomic mass is 9.58. The maximum absolute atomic E-state index is 14.5. The van der Waals surface area contributed by atoms with Gasteiger partial charge in [-0.1, -0.05) is 47.5 Å². The molecule has 0 saturated carbocycles. The van der Waals surface area contributed by atoms with Crippen molar-refractivity contribution in [2.24, 2.45) is 0 Å². The van der Waals surface area contributed by atoms with E-state index in [0.717, 1.165) is 16.7 Å². The van der Waals surface area contributed by atoms with Crippen molar-refractivity contribution in [3.05, 3.63) is 98.8 Å². The molecule has 7 heteroatoms. The van der Waals surface area contributed by atoms with Gasteiger partial charge in [0.2, 0.25) is 11.8 Å². The number of carbonyl (C=O) groups excluding carboxylic acids is 2. The lowest BCUT2D eigenvalue weighted by Gasteiger charge is -2.41. The molecular formula is C26H21Cl2FN2O2. The number of hydrogen-bond donors (Lipinski definition) is 2. The molecule has 0 radical (unpaired) electrons. The second-order valence-corrected chi connectivity index (χ2v) is 9.56. The predicted molar refractivity (Wildman–Crippen MR) is 127 cm³/mol. The third-order valence-corrected chi connectivity index (χ3v) is 7.38. The van der Waals surface area contributed by atoms with Gasteiger partial charge in [0.15, 0.2) is 0 Å². The predicted octanol–water partition coefficient (Wildman–Crippen LogP) is 5.72. The molecule has 2 aliphatic heterocycles. The molecule has 1 fully saturated rings. The molecule has 0 aromatic heterocycles. The zero-order chi connectivity index (χ0) is 23.3. The van der Waals surface area contributed by atoms with Gasteiger partial charge in [0.25, 0.3) is 0 Å². The first-order chi connectivity index (χ1) is 15.8. The number of benzene rings is 3. The van der Waals surface area contributed by atoms with E-state index in [1.807, 2.05) is 31.2 Å². The summed E-state index contributed by atoms with van der Waals surface area (Å²) in [7, 11) is 0. The van der Waals surface area contributed by atoms with Crippen LogP contribution >= 0.6 is 23.2 Å². The monoisotopic (exact) mass is 482 g/mol. The van der Waals surface area contributed by atoms with Gasteiger partial charge in [0.1, 0.15) is 5.82 Å². The summed E-state index contributed by atoms with van der Waals surface area (Å²) in [5, 5.41) is 7.00. The van der Waals surface area contributed by atoms with Crippen LogP contribution in [0.2, 0.25) is 10.0 Å². The fourth-order valence-corrected chi connectivity index (χ4v) is 5.88. The van der Waals surface area contributed by atoms with E-state index in [0.29, 0.717) is 21.3 Å². The molecule has 2 heterocycles. The van der Waals surface area contributed by atoms with Crippen LogP contribution in [0.5, 0.6) is 0 Å². The van der Waals surface area contributed by atoms with Crippen LogP contribution in [0.25, 0.3) is 0 Å². The Balaban J connectivity index is 1.85. The molecule has 1 saturated heterocycles. The molecule has 0 unspecified atom stereocenters. The van der Waals surface area contributed by atoms with E-state index in [-0.39, 0.29) is 24.8 Å². The van der Waals surface area contributed by atoms with Gasteiger partial charge in [-0.2, -0.15) is 0 Å². The summed E-state index contributed by atoms with van der Waals surface area (Å²) in [6.45, 7) is 2.11. The topological polar surface area (TPSA) is 58.2 Å². The number of amides is 2. The van der Waals surface area contributed by atoms with E-state index in [9.17, 15) is 14.0 Å². The summed E-state index contributed by atoms with van der Waals surface area (Å²) in [5.74, 6) is -1.90. The van der Waals surface area contributed by atoms with Crippen LogP contribution in [-0.2, 0) is 15.0 Å². The Morgan fingerprint density at radius 1 is 0.970 bits per heavy atom. The minimum Gasteiger partial charge on any atom is -0.355 e. The molecule has 0 aliphatic carbocycles. The van der Waals surface area contributed by atoms with E-state index in [1.54, 1.807) is 24.3 Å². The molecule has 1 spiro atoms. The Morgan fingerprint density at radius 2 is 1.76 bits per heavy atom. The summed E-state index contributed by atoms with van der Waals surface area (Å²) < 4.78 is 14.5. The lowest BCUT2D eigenvalue weighted by Crippen LogP contribution is -2.47. The minimum atomic E-state index is -1.18. The van der Waals surface area contributed by atoms with Crippen LogP contribution < -0.4 is 10.6 Å². The largest absolute Gasteiger partial charge is 0.355 e. The van der Waals surface area contributed by atoms with Crippen molar-refractivity contribution in [1.29, 1.82) is 0 Å². The highest BCUT2D eigenvalue weighted by atomic mass is 35.5. The molecule has 0 bridgehead atoms. The summed E-state index contributed by atoms with van der Waals surface area (Å²) >= 11 is 12.6. The van der Waals surface area contributed by atoms with Crippen LogP contribution in [0, 0.1) is 12.7 Å². The number of aryl methyl sites for hydroxylation is 1. The Hall–Kier alpha value is -2.89. The normalized spacial score (nSPS) is 24.2. The van der Waals surface area contributed by atoms with Gasteiger partial charge >= 0.3 is 0 Å². The van der Waals surface area contributed by atoms with Gasteiger partial charge < -0.3 is 10.6 Å². The Kier molecular flexibility index (Phi) is 5.42. The van der Waals surface area contributed by atoms with Crippen LogP contribution in [0.1, 0.15) is 40.5 Å². The van der Waals surface area contributed by atoms with Crippen molar-refractivity contribution in [1.82, 2.24) is 5.32 Å². The third kappa shape index (κ3) is 3.51. The van der Waals surface area contributed by atoms with Crippen LogP contribution in [0.4, 0.5) is 10.1 Å². The standard InChI is InChI=1S/C26H21Cl2FN2O2/c1-14-5-7-18(29)11-19(14)21-12-24(32)30-13-22(15-3-2-4-16(27)9-15)26(21)20-8-6-17(28)10-23(20)31-25(26)33/h2-11,21-22H,12-13H2,1H3,(H,30,32)(H,31,33)/t21-,22+,26-/m1/s1. The van der Waals surface area contributed by atoms with Gasteiger partial charge in [-0.15, -0.1) is 0 Å². The van der Waals surface area contributed by atoms with E-state index in [4.69, 9.17) is 23.2 Å². The van der Waals surface area contributed by atoms with Crippen molar-refractivity contribution in [3.63, 3.8) is 0 Å². The van der Waals surface area contributed by atoms with E-state index >= 15 is 0 Å². The summed E-state index contributed by atoms with van der Waals surface area (Å²) in [4.78, 5) is 26.9. The Labute approximate surface area is 201 Å². The average Bonchev–Trinajstić information content (AvgIpc) is 2.95. The number of hydrogen-bond acceptors (Lipinski definition) is 2. The number of halogens is 3. The zero-order valence-corrected chi connectivity index (χ0v) is 19.3. The van der Waals surface area contributed by atoms with Crippen LogP contribution in [-0.4, -0.2) is 18.4 Å². The maximum Gasteiger partial charge on any atom is 0.236 e. The fraction of sp³-hybridized carbons (Fsp3) is 0.231. The van der Waals surface area contributed by atoms with Crippen LogP contribution in [0.15, 0.2) is 60.7 Å². The molecule has 33 heavy (non-hydrogen) atoms. The van der Waals surface area contributed by atoms with Crippen molar-refractivity contribution in [2.45, 2.75) is 30.6 Å². The molecule has 3 aromatic rings. The second-order valence-electron chi connectivity index (χ2n) is 8.68. The first kappa shape index (κ1) is 21.9. The van der Waals surface area contributed by atoms with Crippen LogP contribution in [0.3, 0.4) is 0 Å². The van der Waals surface area contributed by atoms with Gasteiger partial charge in [-0.05, 0) is 65.6 Å². The number of rotatable bonds is 2. The number of fused-ring (bicyclic) bond motifs is 2. The molecule has 2 amide bonds. The van der Waals surface area contributed by atoms with Gasteiger partial charge in [0, 0.05) is 40.5 Å². The number of carbonyl (C=O) groups is 2. The van der Waals surface area contributed by atoms with Gasteiger partial charge in [-0.3, -0.25) is 9.59 Å². The van der Waals surface area contributed by atoms with Gasteiger partial charge in [-0.25, -0.2) is 4.39 Å². The number of nitrogens with one attached hydrogen (secondary N) is 2. The average molecular weight is 483 g/mol. The van der Waals surface area contributed by atoms with Crippen molar-refractivity contribution in [2.75, 3.05) is 11.9 Å². The molecule has 2 N–H and O–H groups in total. The molecular weight excluding hydrogens is 462 g/mol. The molecule has 5 rings (SSSR count). The summed E-state index contributed by atoms with van der Waals surface area (Å²) in [6.07, 6.45) is 0.0385. The SMILES string of the molecule is Cc1ccc(F)cc1[C@H]1CC(=O)NC[C@@H](c2cccc(Cl)c2)[C@]12C(=O)Nc1cc(Cl)ccc12. The lowest BCUT2D eigenvalue weighted by molar-refractivity contribution is -0.123. The van der Waals surface area contributed by atoms with E-state index < -0.39 is 23.1 Å². The fourth-order valence-electron chi connectivity index (χ4n) is 5.50. The summed E-state index contributed by atoms with van der Waals surface area (Å²) in [5.41, 5.74) is 2.44. The first-order valence-corrected chi connectivity index (χ1v) is 11.5. The smallest absolute Gasteiger partial charge is 0.236 e. The first-order valence-electron chi connectivity index (χ1n) is 10.7. The van der Waals surface area contributed by atoms with Crippen molar-refractivity contribution in [3.8, 4) is 0 Å². The molecule has 168 valence electrons. The van der Waals surface area contributed by atoms with E-state index in [1.165, 1.54) is 12.1 Å². The highest BCUT2D eigenvalue weighted by Crippen LogP contribution is 2.57. The molecule has 2 aliphatic rings. The Bertz CT molecular complexity index is 1300. The van der Waals surface area contributed by atoms with E-state index in [2.05, 4.69) is 10.6 Å². The highest BCUT2D eigenvalue weighted by Gasteiger charge is 2.59. The Morgan fingerprint density at radius 3 is 2.55 bits per heavy atom. The molecule has 3 atom stereocenters. The van der Waals surface area contributed by atoms with Crippen molar-refractivity contribution >= 4 is 40.7 Å². The molecule has 3 aromatic carbocycles. The minimum absolute atomic E-state index is 0.0385. The number of anilines is 1. The maximum atomic E-state index is 14.5. The van der Waals surface area contributed by atoms with Gasteiger partial charge in [0.05, 0.1) is 5.41 Å². The zero-order valence-electron chi connectivity index (χ0n) is 17.8.